The van der Waals surface area contributed by atoms with Crippen molar-refractivity contribution in [2.24, 2.45) is 17.1 Å². The molecular formula is C15H30N2O. The second-order valence-electron chi connectivity index (χ2n) is 6.33. The normalized spacial score (nSPS) is 18.9. The molecule has 1 rings (SSSR count). The first kappa shape index (κ1) is 15.5. The van der Waals surface area contributed by atoms with Crippen LogP contribution in [0.2, 0.25) is 0 Å². The molecule has 1 aliphatic rings. The van der Waals surface area contributed by atoms with Gasteiger partial charge in [-0.15, -0.1) is 0 Å². The SMILES string of the molecule is CC(C)CCCNC(=O)CC1(CN)CCCCC1. The van der Waals surface area contributed by atoms with Crippen molar-refractivity contribution in [2.45, 2.75) is 65.2 Å². The summed E-state index contributed by atoms with van der Waals surface area (Å²) in [5.74, 6) is 0.918. The van der Waals surface area contributed by atoms with Crippen LogP contribution in [0.15, 0.2) is 0 Å². The number of hydrogen-bond acceptors (Lipinski definition) is 2. The van der Waals surface area contributed by atoms with E-state index >= 15 is 0 Å². The van der Waals surface area contributed by atoms with Gasteiger partial charge in [-0.3, -0.25) is 4.79 Å². The van der Waals surface area contributed by atoms with Crippen LogP contribution in [-0.2, 0) is 4.79 Å². The maximum atomic E-state index is 12.0. The predicted octanol–water partition coefficient (Wildman–Crippen LogP) is 2.84. The van der Waals surface area contributed by atoms with Gasteiger partial charge in [0.15, 0.2) is 0 Å². The van der Waals surface area contributed by atoms with E-state index in [4.69, 9.17) is 5.73 Å². The van der Waals surface area contributed by atoms with Crippen LogP contribution in [0, 0.1) is 11.3 Å². The van der Waals surface area contributed by atoms with Crippen LogP contribution in [0.25, 0.3) is 0 Å². The molecule has 0 radical (unpaired) electrons. The average Bonchev–Trinajstić information content (AvgIpc) is 2.35. The van der Waals surface area contributed by atoms with Crippen LogP contribution in [0.3, 0.4) is 0 Å². The van der Waals surface area contributed by atoms with Crippen molar-refractivity contribution in [1.82, 2.24) is 5.32 Å². The lowest BCUT2D eigenvalue weighted by Crippen LogP contribution is -2.38. The minimum absolute atomic E-state index is 0.0976. The van der Waals surface area contributed by atoms with E-state index in [9.17, 15) is 4.79 Å². The first-order valence-electron chi connectivity index (χ1n) is 7.55. The van der Waals surface area contributed by atoms with Crippen molar-refractivity contribution >= 4 is 5.91 Å². The molecule has 1 saturated carbocycles. The van der Waals surface area contributed by atoms with Gasteiger partial charge in [-0.25, -0.2) is 0 Å². The second-order valence-corrected chi connectivity index (χ2v) is 6.33. The number of nitrogens with one attached hydrogen (secondary N) is 1. The lowest BCUT2D eigenvalue weighted by Gasteiger charge is -2.35. The average molecular weight is 254 g/mol. The summed E-state index contributed by atoms with van der Waals surface area (Å²) < 4.78 is 0. The molecular weight excluding hydrogens is 224 g/mol. The van der Waals surface area contributed by atoms with Crippen molar-refractivity contribution < 1.29 is 4.79 Å². The van der Waals surface area contributed by atoms with Crippen molar-refractivity contribution in [3.05, 3.63) is 0 Å². The lowest BCUT2D eigenvalue weighted by molar-refractivity contribution is -0.123. The van der Waals surface area contributed by atoms with Crippen LogP contribution in [0.5, 0.6) is 0 Å². The third-order valence-corrected chi connectivity index (χ3v) is 4.16. The molecule has 3 N–H and O–H groups in total. The molecule has 0 spiro atoms. The molecule has 0 aromatic rings. The third-order valence-electron chi connectivity index (χ3n) is 4.16. The van der Waals surface area contributed by atoms with Crippen LogP contribution < -0.4 is 11.1 Å². The molecule has 1 fully saturated rings. The Morgan fingerprint density at radius 3 is 2.50 bits per heavy atom. The van der Waals surface area contributed by atoms with Gasteiger partial charge in [-0.05, 0) is 43.6 Å². The maximum absolute atomic E-state index is 12.0. The summed E-state index contributed by atoms with van der Waals surface area (Å²) in [4.78, 5) is 12.0. The van der Waals surface area contributed by atoms with Gasteiger partial charge in [0.1, 0.15) is 0 Å². The third kappa shape index (κ3) is 5.38. The van der Waals surface area contributed by atoms with Crippen LogP contribution in [0.4, 0.5) is 0 Å². The molecule has 0 unspecified atom stereocenters. The summed E-state index contributed by atoms with van der Waals surface area (Å²) in [7, 11) is 0. The van der Waals surface area contributed by atoms with Gasteiger partial charge in [-0.1, -0.05) is 33.1 Å². The van der Waals surface area contributed by atoms with Crippen molar-refractivity contribution in [3.8, 4) is 0 Å². The van der Waals surface area contributed by atoms with Crippen LogP contribution in [0.1, 0.15) is 65.2 Å². The fourth-order valence-corrected chi connectivity index (χ4v) is 2.90. The van der Waals surface area contributed by atoms with E-state index in [1.165, 1.54) is 25.7 Å². The maximum Gasteiger partial charge on any atom is 0.220 e. The Bertz CT molecular complexity index is 245. The molecule has 1 aliphatic carbocycles. The molecule has 3 nitrogen and oxygen atoms in total. The van der Waals surface area contributed by atoms with Crippen molar-refractivity contribution in [1.29, 1.82) is 0 Å². The Kier molecular flexibility index (Phi) is 6.69. The molecule has 1 amide bonds. The first-order chi connectivity index (χ1) is 8.58. The first-order valence-corrected chi connectivity index (χ1v) is 7.55. The highest BCUT2D eigenvalue weighted by atomic mass is 16.1. The zero-order chi connectivity index (χ0) is 13.4. The van der Waals surface area contributed by atoms with Gasteiger partial charge in [0.2, 0.25) is 5.91 Å². The lowest BCUT2D eigenvalue weighted by atomic mass is 9.71. The molecule has 106 valence electrons. The molecule has 0 aromatic carbocycles. The summed E-state index contributed by atoms with van der Waals surface area (Å²) in [6.45, 7) is 5.91. The van der Waals surface area contributed by atoms with E-state index in [1.54, 1.807) is 0 Å². The summed E-state index contributed by atoms with van der Waals surface area (Å²) >= 11 is 0. The highest BCUT2D eigenvalue weighted by molar-refractivity contribution is 5.76. The smallest absolute Gasteiger partial charge is 0.220 e. The molecule has 0 heterocycles. The van der Waals surface area contributed by atoms with Crippen LogP contribution >= 0.6 is 0 Å². The van der Waals surface area contributed by atoms with Gasteiger partial charge in [-0.2, -0.15) is 0 Å². The molecule has 0 saturated heterocycles. The summed E-state index contributed by atoms with van der Waals surface area (Å²) in [6.07, 6.45) is 8.92. The van der Waals surface area contributed by atoms with Crippen molar-refractivity contribution in [2.75, 3.05) is 13.1 Å². The van der Waals surface area contributed by atoms with Gasteiger partial charge in [0.05, 0.1) is 0 Å². The number of carbonyl (C=O) groups is 1. The number of amides is 1. The van der Waals surface area contributed by atoms with E-state index in [0.717, 1.165) is 31.7 Å². The second kappa shape index (κ2) is 7.78. The Balaban J connectivity index is 2.25. The van der Waals surface area contributed by atoms with Gasteiger partial charge in [0.25, 0.3) is 0 Å². The molecule has 0 aliphatic heterocycles. The molecule has 3 heteroatoms. The monoisotopic (exact) mass is 254 g/mol. The van der Waals surface area contributed by atoms with Gasteiger partial charge >= 0.3 is 0 Å². The number of carbonyl (C=O) groups excluding carboxylic acids is 1. The Hall–Kier alpha value is -0.570. The molecule has 0 bridgehead atoms. The number of nitrogens with two attached hydrogens (primary N) is 1. The van der Waals surface area contributed by atoms with Crippen LogP contribution in [-0.4, -0.2) is 19.0 Å². The van der Waals surface area contributed by atoms with Crippen molar-refractivity contribution in [3.63, 3.8) is 0 Å². The summed E-state index contributed by atoms with van der Waals surface area (Å²) in [6, 6.07) is 0. The minimum atomic E-state index is 0.0976. The number of hydrogen-bond donors (Lipinski definition) is 2. The molecule has 18 heavy (non-hydrogen) atoms. The summed E-state index contributed by atoms with van der Waals surface area (Å²) in [5.41, 5.74) is 6.00. The molecule has 0 aromatic heterocycles. The fraction of sp³-hybridized carbons (Fsp3) is 0.933. The Morgan fingerprint density at radius 1 is 1.28 bits per heavy atom. The van der Waals surface area contributed by atoms with Gasteiger partial charge < -0.3 is 11.1 Å². The Labute approximate surface area is 112 Å². The largest absolute Gasteiger partial charge is 0.356 e. The summed E-state index contributed by atoms with van der Waals surface area (Å²) in [5, 5.41) is 3.05. The fourth-order valence-electron chi connectivity index (χ4n) is 2.90. The quantitative estimate of drug-likeness (QED) is 0.686. The minimum Gasteiger partial charge on any atom is -0.356 e. The standard InChI is InChI=1S/C15H30N2O/c1-13(2)7-6-10-17-14(18)11-15(12-16)8-4-3-5-9-15/h13H,3-12,16H2,1-2H3,(H,17,18). The van der Waals surface area contributed by atoms with E-state index in [-0.39, 0.29) is 11.3 Å². The van der Waals surface area contributed by atoms with Gasteiger partial charge in [0, 0.05) is 13.0 Å². The molecule has 0 atom stereocenters. The van der Waals surface area contributed by atoms with E-state index in [2.05, 4.69) is 19.2 Å². The number of rotatable bonds is 7. The van der Waals surface area contributed by atoms with E-state index in [0.29, 0.717) is 13.0 Å². The Morgan fingerprint density at radius 2 is 1.94 bits per heavy atom. The van der Waals surface area contributed by atoms with E-state index < -0.39 is 0 Å². The topological polar surface area (TPSA) is 55.1 Å². The predicted molar refractivity (Wildman–Crippen MR) is 76.3 cm³/mol. The zero-order valence-corrected chi connectivity index (χ0v) is 12.1. The van der Waals surface area contributed by atoms with E-state index in [1.807, 2.05) is 0 Å². The highest BCUT2D eigenvalue weighted by Crippen LogP contribution is 2.38. The highest BCUT2D eigenvalue weighted by Gasteiger charge is 2.32. The zero-order valence-electron chi connectivity index (χ0n) is 12.1.